The van der Waals surface area contributed by atoms with Crippen molar-refractivity contribution >= 4 is 23.9 Å². The van der Waals surface area contributed by atoms with Gasteiger partial charge in [0.15, 0.2) is 5.96 Å². The number of ether oxygens (including phenoxy) is 1. The SMILES string of the molecule is NC(N)=NCCCCNC(=O)C=Cc1ccc2c(c1)C(C(=O)O)C(c1ccc(O)cc1)O2. The number of fused-ring (bicyclic) bond motifs is 1. The van der Waals surface area contributed by atoms with Gasteiger partial charge in [-0.1, -0.05) is 18.2 Å². The molecule has 2 unspecified atom stereocenters. The van der Waals surface area contributed by atoms with Crippen LogP contribution in [-0.4, -0.2) is 41.1 Å². The van der Waals surface area contributed by atoms with Gasteiger partial charge in [0.25, 0.3) is 0 Å². The molecule has 7 N–H and O–H groups in total. The predicted octanol–water partition coefficient (Wildman–Crippen LogP) is 1.88. The highest BCUT2D eigenvalue weighted by molar-refractivity contribution is 5.91. The largest absolute Gasteiger partial charge is 0.508 e. The number of phenolic OH excluding ortho intramolecular Hbond substituents is 1. The summed E-state index contributed by atoms with van der Waals surface area (Å²) in [6, 6.07) is 11.5. The number of nitrogens with one attached hydrogen (secondary N) is 1. The van der Waals surface area contributed by atoms with Crippen LogP contribution in [0.3, 0.4) is 0 Å². The third-order valence-electron chi connectivity index (χ3n) is 5.02. The number of carbonyl (C=O) groups is 2. The molecule has 9 heteroatoms. The number of unbranched alkanes of at least 4 members (excludes halogenated alkanes) is 1. The van der Waals surface area contributed by atoms with Crippen LogP contribution in [0.5, 0.6) is 11.5 Å². The van der Waals surface area contributed by atoms with Gasteiger partial charge in [-0.25, -0.2) is 0 Å². The Morgan fingerprint density at radius 2 is 1.88 bits per heavy atom. The number of aromatic hydroxyl groups is 1. The van der Waals surface area contributed by atoms with Gasteiger partial charge in [0.05, 0.1) is 0 Å². The maximum Gasteiger partial charge on any atom is 0.315 e. The zero-order valence-electron chi connectivity index (χ0n) is 17.4. The Bertz CT molecular complexity index is 1030. The van der Waals surface area contributed by atoms with E-state index in [2.05, 4.69) is 10.3 Å². The molecule has 1 heterocycles. The average molecular weight is 438 g/mol. The minimum atomic E-state index is -1.01. The van der Waals surface area contributed by atoms with Gasteiger partial charge in [-0.15, -0.1) is 0 Å². The summed E-state index contributed by atoms with van der Waals surface area (Å²) >= 11 is 0. The molecule has 3 rings (SSSR count). The highest BCUT2D eigenvalue weighted by Crippen LogP contribution is 2.46. The number of benzene rings is 2. The number of carboxylic acid groups (broad SMARTS) is 1. The van der Waals surface area contributed by atoms with E-state index in [1.54, 1.807) is 36.4 Å². The van der Waals surface area contributed by atoms with Gasteiger partial charge in [-0.05, 0) is 54.3 Å². The van der Waals surface area contributed by atoms with Crippen molar-refractivity contribution in [2.24, 2.45) is 16.5 Å². The second-order valence-electron chi connectivity index (χ2n) is 7.38. The van der Waals surface area contributed by atoms with E-state index < -0.39 is 18.0 Å². The third-order valence-corrected chi connectivity index (χ3v) is 5.02. The zero-order valence-corrected chi connectivity index (χ0v) is 17.4. The summed E-state index contributed by atoms with van der Waals surface area (Å²) in [5.41, 5.74) is 12.4. The fraction of sp³-hybridized carbons (Fsp3) is 0.261. The van der Waals surface area contributed by atoms with E-state index in [-0.39, 0.29) is 17.6 Å². The number of phenols is 1. The zero-order chi connectivity index (χ0) is 23.1. The van der Waals surface area contributed by atoms with Gasteiger partial charge in [-0.3, -0.25) is 14.6 Å². The first-order valence-corrected chi connectivity index (χ1v) is 10.2. The fourth-order valence-corrected chi connectivity index (χ4v) is 3.46. The van der Waals surface area contributed by atoms with Crippen LogP contribution >= 0.6 is 0 Å². The minimum Gasteiger partial charge on any atom is -0.508 e. The lowest BCUT2D eigenvalue weighted by Crippen LogP contribution is -2.24. The Morgan fingerprint density at radius 1 is 1.12 bits per heavy atom. The molecule has 9 nitrogen and oxygen atoms in total. The molecule has 0 fully saturated rings. The molecule has 0 aliphatic carbocycles. The number of guanidine groups is 1. The van der Waals surface area contributed by atoms with Crippen LogP contribution in [-0.2, 0) is 9.59 Å². The molecular weight excluding hydrogens is 412 g/mol. The molecule has 0 saturated heterocycles. The summed E-state index contributed by atoms with van der Waals surface area (Å²) in [5, 5.41) is 22.1. The molecule has 2 atom stereocenters. The lowest BCUT2D eigenvalue weighted by Gasteiger charge is -2.16. The lowest BCUT2D eigenvalue weighted by molar-refractivity contribution is -0.140. The van der Waals surface area contributed by atoms with E-state index in [1.807, 2.05) is 0 Å². The van der Waals surface area contributed by atoms with E-state index in [9.17, 15) is 19.8 Å². The molecule has 32 heavy (non-hydrogen) atoms. The van der Waals surface area contributed by atoms with E-state index >= 15 is 0 Å². The highest BCUT2D eigenvalue weighted by Gasteiger charge is 2.40. The molecule has 1 amide bonds. The summed E-state index contributed by atoms with van der Waals surface area (Å²) in [6.07, 6.45) is 3.82. The minimum absolute atomic E-state index is 0.0521. The van der Waals surface area contributed by atoms with Gasteiger partial charge in [0.1, 0.15) is 23.5 Å². The number of amides is 1. The normalized spacial score (nSPS) is 16.9. The van der Waals surface area contributed by atoms with Crippen LogP contribution in [0.25, 0.3) is 6.08 Å². The van der Waals surface area contributed by atoms with E-state index in [4.69, 9.17) is 16.2 Å². The second-order valence-corrected chi connectivity index (χ2v) is 7.38. The Labute approximate surface area is 185 Å². The van der Waals surface area contributed by atoms with Crippen LogP contribution in [0.1, 0.15) is 41.6 Å². The monoisotopic (exact) mass is 438 g/mol. The van der Waals surface area contributed by atoms with Gasteiger partial charge in [-0.2, -0.15) is 0 Å². The number of nitrogens with two attached hydrogens (primary N) is 2. The van der Waals surface area contributed by atoms with Crippen molar-refractivity contribution in [2.45, 2.75) is 24.9 Å². The van der Waals surface area contributed by atoms with Crippen LogP contribution in [0.2, 0.25) is 0 Å². The molecule has 0 bridgehead atoms. The lowest BCUT2D eigenvalue weighted by atomic mass is 9.90. The van der Waals surface area contributed by atoms with E-state index in [0.29, 0.717) is 35.5 Å². The van der Waals surface area contributed by atoms with Crippen LogP contribution < -0.4 is 21.5 Å². The van der Waals surface area contributed by atoms with Crippen LogP contribution in [0.4, 0.5) is 0 Å². The van der Waals surface area contributed by atoms with E-state index in [1.165, 1.54) is 18.2 Å². The smallest absolute Gasteiger partial charge is 0.315 e. The number of hydrogen-bond donors (Lipinski definition) is 5. The standard InChI is InChI=1S/C23H26N4O5/c24-23(25)27-12-2-1-11-26-19(29)10-4-14-3-9-18-17(13-14)20(22(30)31)21(32-18)15-5-7-16(28)8-6-15/h3-10,13,20-21,28H,1-2,11-12H2,(H,26,29)(H,30,31)(H4,24,25,27). The van der Waals surface area contributed by atoms with Crippen molar-refractivity contribution in [3.63, 3.8) is 0 Å². The first-order chi connectivity index (χ1) is 15.3. The molecule has 2 aromatic carbocycles. The molecule has 2 aromatic rings. The average Bonchev–Trinajstić information content (AvgIpc) is 3.14. The Morgan fingerprint density at radius 3 is 2.56 bits per heavy atom. The number of nitrogens with zero attached hydrogens (tertiary/aromatic N) is 1. The van der Waals surface area contributed by atoms with Gasteiger partial charge in [0.2, 0.25) is 5.91 Å². The van der Waals surface area contributed by atoms with Gasteiger partial charge < -0.3 is 31.7 Å². The molecular formula is C23H26N4O5. The highest BCUT2D eigenvalue weighted by atomic mass is 16.5. The summed E-state index contributed by atoms with van der Waals surface area (Å²) in [5.74, 6) is -1.53. The molecule has 0 spiro atoms. The molecule has 1 aliphatic rings. The number of aliphatic carboxylic acids is 1. The molecule has 0 saturated carbocycles. The quantitative estimate of drug-likeness (QED) is 0.173. The molecule has 0 radical (unpaired) electrons. The van der Waals surface area contributed by atoms with Crippen molar-refractivity contribution in [3.05, 3.63) is 65.2 Å². The van der Waals surface area contributed by atoms with Gasteiger partial charge in [0, 0.05) is 24.7 Å². The summed E-state index contributed by atoms with van der Waals surface area (Å²) in [7, 11) is 0. The number of carboxylic acids is 1. The van der Waals surface area contributed by atoms with Crippen molar-refractivity contribution in [1.29, 1.82) is 0 Å². The van der Waals surface area contributed by atoms with Gasteiger partial charge >= 0.3 is 5.97 Å². The Kier molecular flexibility index (Phi) is 7.33. The van der Waals surface area contributed by atoms with Crippen LogP contribution in [0.15, 0.2) is 53.5 Å². The molecule has 168 valence electrons. The predicted molar refractivity (Wildman–Crippen MR) is 120 cm³/mol. The van der Waals surface area contributed by atoms with E-state index in [0.717, 1.165) is 12.8 Å². The summed E-state index contributed by atoms with van der Waals surface area (Å²) in [4.78, 5) is 27.9. The number of hydrogen-bond acceptors (Lipinski definition) is 5. The first-order valence-electron chi connectivity index (χ1n) is 10.2. The second kappa shape index (κ2) is 10.3. The summed E-state index contributed by atoms with van der Waals surface area (Å²) in [6.45, 7) is 1.01. The topological polar surface area (TPSA) is 160 Å². The van der Waals surface area contributed by atoms with Crippen molar-refractivity contribution < 1.29 is 24.5 Å². The Balaban J connectivity index is 1.63. The maximum atomic E-state index is 12.0. The van der Waals surface area contributed by atoms with Crippen molar-refractivity contribution in [3.8, 4) is 11.5 Å². The number of carbonyl (C=O) groups excluding carboxylic acids is 1. The number of rotatable bonds is 9. The van der Waals surface area contributed by atoms with Crippen LogP contribution in [0, 0.1) is 0 Å². The fourth-order valence-electron chi connectivity index (χ4n) is 3.46. The van der Waals surface area contributed by atoms with Crippen molar-refractivity contribution in [1.82, 2.24) is 5.32 Å². The molecule has 1 aliphatic heterocycles. The first kappa shape index (κ1) is 22.7. The third kappa shape index (κ3) is 5.78. The number of aliphatic imine (C=N–C) groups is 1. The van der Waals surface area contributed by atoms with Crippen molar-refractivity contribution in [2.75, 3.05) is 13.1 Å². The molecule has 0 aromatic heterocycles. The summed E-state index contributed by atoms with van der Waals surface area (Å²) < 4.78 is 5.90. The maximum absolute atomic E-state index is 12.0. The Hall–Kier alpha value is -4.01.